The molecule has 0 rings (SSSR count). The zero-order valence-corrected chi connectivity index (χ0v) is 10.2. The predicted octanol–water partition coefficient (Wildman–Crippen LogP) is 2.19. The van der Waals surface area contributed by atoms with Crippen molar-refractivity contribution < 1.29 is 27.9 Å². The lowest BCUT2D eigenvalue weighted by Gasteiger charge is -2.20. The number of carbonyl (C=O) groups is 1. The van der Waals surface area contributed by atoms with Crippen molar-refractivity contribution in [3.63, 3.8) is 0 Å². The lowest BCUT2D eigenvalue weighted by molar-refractivity contribution is -0.143. The van der Waals surface area contributed by atoms with E-state index < -0.39 is 31.9 Å². The van der Waals surface area contributed by atoms with Crippen LogP contribution in [0.3, 0.4) is 0 Å². The van der Waals surface area contributed by atoms with Gasteiger partial charge in [-0.25, -0.2) is 0 Å². The third kappa shape index (κ3) is 5.68. The summed E-state index contributed by atoms with van der Waals surface area (Å²) in [7, 11) is -4.71. The van der Waals surface area contributed by atoms with Crippen molar-refractivity contribution in [2.75, 3.05) is 6.16 Å². The average molecular weight is 258 g/mol. The molecular formula is C9H17F2O4P. The van der Waals surface area contributed by atoms with Gasteiger partial charge in [0.25, 0.3) is 0 Å². The number of ketones is 1. The Balaban J connectivity index is 4.53. The van der Waals surface area contributed by atoms with E-state index in [0.717, 1.165) is 0 Å². The van der Waals surface area contributed by atoms with Crippen molar-refractivity contribution in [2.24, 2.45) is 5.92 Å². The van der Waals surface area contributed by atoms with Crippen LogP contribution in [-0.2, 0) is 9.36 Å². The van der Waals surface area contributed by atoms with E-state index in [1.807, 2.05) is 0 Å². The Morgan fingerprint density at radius 2 is 1.75 bits per heavy atom. The highest BCUT2D eigenvalue weighted by Crippen LogP contribution is 2.38. The molecule has 0 atom stereocenters. The Morgan fingerprint density at radius 3 is 2.06 bits per heavy atom. The Labute approximate surface area is 93.2 Å². The molecule has 0 aliphatic rings. The average Bonchev–Trinajstić information content (AvgIpc) is 2.11. The maximum absolute atomic E-state index is 13.3. The standard InChI is InChI=1S/C9H17F2O4P/c1-3-7(4-2)5-9(10,11)8(12)6-16(13,14)15/h7H,3-6H2,1-2H3,(H2,13,14,15). The van der Waals surface area contributed by atoms with E-state index in [1.165, 1.54) is 0 Å². The van der Waals surface area contributed by atoms with Gasteiger partial charge in [-0.2, -0.15) is 8.78 Å². The van der Waals surface area contributed by atoms with Crippen LogP contribution in [0.4, 0.5) is 8.78 Å². The van der Waals surface area contributed by atoms with E-state index in [9.17, 15) is 18.1 Å². The summed E-state index contributed by atoms with van der Waals surface area (Å²) in [5.41, 5.74) is 0. The molecule has 0 aromatic carbocycles. The molecule has 0 fully saturated rings. The monoisotopic (exact) mass is 258 g/mol. The van der Waals surface area contributed by atoms with Crippen LogP contribution >= 0.6 is 7.60 Å². The molecule has 0 spiro atoms. The molecule has 0 heterocycles. The zero-order chi connectivity index (χ0) is 13.0. The van der Waals surface area contributed by atoms with Crippen LogP contribution in [0.15, 0.2) is 0 Å². The molecule has 0 aliphatic heterocycles. The maximum atomic E-state index is 13.3. The molecule has 0 unspecified atom stereocenters. The molecule has 16 heavy (non-hydrogen) atoms. The molecule has 0 saturated carbocycles. The van der Waals surface area contributed by atoms with Gasteiger partial charge in [0.05, 0.1) is 0 Å². The third-order valence-electron chi connectivity index (χ3n) is 2.46. The Hall–Kier alpha value is -0.320. The molecule has 7 heteroatoms. The highest BCUT2D eigenvalue weighted by atomic mass is 31.2. The molecule has 0 aromatic rings. The van der Waals surface area contributed by atoms with Crippen LogP contribution in [0.5, 0.6) is 0 Å². The van der Waals surface area contributed by atoms with Gasteiger partial charge in [-0.05, 0) is 5.92 Å². The first-order valence-corrected chi connectivity index (χ1v) is 6.87. The third-order valence-corrected chi connectivity index (χ3v) is 3.16. The van der Waals surface area contributed by atoms with Crippen molar-refractivity contribution >= 4 is 13.4 Å². The van der Waals surface area contributed by atoms with E-state index >= 15 is 0 Å². The molecule has 0 bridgehead atoms. The van der Waals surface area contributed by atoms with E-state index in [-0.39, 0.29) is 5.92 Å². The highest BCUT2D eigenvalue weighted by Gasteiger charge is 2.42. The summed E-state index contributed by atoms with van der Waals surface area (Å²) in [6.45, 7) is 3.47. The highest BCUT2D eigenvalue weighted by molar-refractivity contribution is 7.52. The van der Waals surface area contributed by atoms with Gasteiger partial charge in [0.1, 0.15) is 6.16 Å². The molecule has 0 saturated heterocycles. The number of halogens is 2. The van der Waals surface area contributed by atoms with Crippen LogP contribution in [0, 0.1) is 5.92 Å². The number of rotatable bonds is 7. The van der Waals surface area contributed by atoms with E-state index in [2.05, 4.69) is 0 Å². The van der Waals surface area contributed by atoms with Crippen LogP contribution in [0.1, 0.15) is 33.1 Å². The summed E-state index contributed by atoms with van der Waals surface area (Å²) < 4.78 is 37.0. The van der Waals surface area contributed by atoms with Gasteiger partial charge in [-0.15, -0.1) is 0 Å². The van der Waals surface area contributed by atoms with Gasteiger partial charge in [-0.3, -0.25) is 9.36 Å². The van der Waals surface area contributed by atoms with Gasteiger partial charge in [-0.1, -0.05) is 26.7 Å². The number of alkyl halides is 2. The van der Waals surface area contributed by atoms with Gasteiger partial charge in [0, 0.05) is 6.42 Å². The SMILES string of the molecule is CCC(CC)CC(F)(F)C(=O)CP(=O)(O)O. The van der Waals surface area contributed by atoms with Crippen LogP contribution in [-0.4, -0.2) is 27.7 Å². The minimum Gasteiger partial charge on any atom is -0.324 e. The summed E-state index contributed by atoms with van der Waals surface area (Å²) in [4.78, 5) is 27.9. The molecule has 0 aliphatic carbocycles. The largest absolute Gasteiger partial charge is 0.333 e. The van der Waals surface area contributed by atoms with Gasteiger partial charge >= 0.3 is 13.5 Å². The fourth-order valence-corrected chi connectivity index (χ4v) is 1.96. The summed E-state index contributed by atoms with van der Waals surface area (Å²) >= 11 is 0. The maximum Gasteiger partial charge on any atom is 0.333 e. The Bertz CT molecular complexity index is 283. The molecule has 4 nitrogen and oxygen atoms in total. The smallest absolute Gasteiger partial charge is 0.324 e. The number of carbonyl (C=O) groups excluding carboxylic acids is 1. The summed E-state index contributed by atoms with van der Waals surface area (Å²) in [6.07, 6.45) is -1.01. The van der Waals surface area contributed by atoms with Crippen molar-refractivity contribution in [3.8, 4) is 0 Å². The van der Waals surface area contributed by atoms with Gasteiger partial charge in [0.15, 0.2) is 0 Å². The second kappa shape index (κ2) is 5.84. The lowest BCUT2D eigenvalue weighted by atomic mass is 9.94. The molecule has 2 N–H and O–H groups in total. The fraction of sp³-hybridized carbons (Fsp3) is 0.889. The van der Waals surface area contributed by atoms with E-state index in [4.69, 9.17) is 9.79 Å². The van der Waals surface area contributed by atoms with Crippen LogP contribution in [0.2, 0.25) is 0 Å². The van der Waals surface area contributed by atoms with Crippen LogP contribution < -0.4 is 0 Å². The molecule has 0 radical (unpaired) electrons. The van der Waals surface area contributed by atoms with Crippen molar-refractivity contribution in [1.82, 2.24) is 0 Å². The lowest BCUT2D eigenvalue weighted by Crippen LogP contribution is -2.33. The molecule has 0 aromatic heterocycles. The second-order valence-electron chi connectivity index (χ2n) is 3.84. The van der Waals surface area contributed by atoms with Gasteiger partial charge < -0.3 is 9.79 Å². The zero-order valence-electron chi connectivity index (χ0n) is 9.32. The molecule has 96 valence electrons. The molecule has 0 amide bonds. The van der Waals surface area contributed by atoms with Crippen molar-refractivity contribution in [1.29, 1.82) is 0 Å². The Kier molecular flexibility index (Phi) is 5.73. The number of hydrogen-bond acceptors (Lipinski definition) is 2. The normalized spacial score (nSPS) is 13.2. The summed E-state index contributed by atoms with van der Waals surface area (Å²) in [6, 6.07) is 0. The summed E-state index contributed by atoms with van der Waals surface area (Å²) in [5, 5.41) is 0. The predicted molar refractivity (Wildman–Crippen MR) is 55.6 cm³/mol. The second-order valence-corrected chi connectivity index (χ2v) is 5.48. The van der Waals surface area contributed by atoms with Crippen LogP contribution in [0.25, 0.3) is 0 Å². The molecular weight excluding hydrogens is 241 g/mol. The number of Topliss-reactive ketones (excluding diaryl/α,β-unsaturated/α-hetero) is 1. The van der Waals surface area contributed by atoms with Crippen molar-refractivity contribution in [2.45, 2.75) is 39.0 Å². The first-order chi connectivity index (χ1) is 7.12. The van der Waals surface area contributed by atoms with Gasteiger partial charge in [0.2, 0.25) is 5.78 Å². The topological polar surface area (TPSA) is 74.6 Å². The first-order valence-electron chi connectivity index (χ1n) is 5.08. The van der Waals surface area contributed by atoms with E-state index in [0.29, 0.717) is 12.8 Å². The fourth-order valence-electron chi connectivity index (χ4n) is 1.36. The van der Waals surface area contributed by atoms with Crippen molar-refractivity contribution in [3.05, 3.63) is 0 Å². The van der Waals surface area contributed by atoms with E-state index in [1.54, 1.807) is 13.8 Å². The quantitative estimate of drug-likeness (QED) is 0.686. The summed E-state index contributed by atoms with van der Waals surface area (Å²) in [5.74, 6) is -5.62. The first kappa shape index (κ1) is 15.7. The minimum atomic E-state index is -4.71. The minimum absolute atomic E-state index is 0.310. The number of hydrogen-bond donors (Lipinski definition) is 2. The Morgan fingerprint density at radius 1 is 1.31 bits per heavy atom.